The van der Waals surface area contributed by atoms with Crippen LogP contribution in [0.4, 0.5) is 0 Å². The van der Waals surface area contributed by atoms with Gasteiger partial charge in [0.05, 0.1) is 18.0 Å². The van der Waals surface area contributed by atoms with Gasteiger partial charge in [0, 0.05) is 18.0 Å². The van der Waals surface area contributed by atoms with E-state index in [1.807, 2.05) is 0 Å². The molecule has 5 nitrogen and oxygen atoms in total. The molecule has 5 fully saturated rings. The van der Waals surface area contributed by atoms with Crippen LogP contribution in [0, 0.1) is 40.9 Å². The number of ether oxygens (including phenoxy) is 1. The van der Waals surface area contributed by atoms with Crippen molar-refractivity contribution in [2.75, 3.05) is 12.8 Å². The van der Waals surface area contributed by atoms with E-state index in [0.717, 1.165) is 43.6 Å². The van der Waals surface area contributed by atoms with Crippen molar-refractivity contribution in [3.8, 4) is 0 Å². The van der Waals surface area contributed by atoms with E-state index in [0.29, 0.717) is 35.3 Å². The Hall–Kier alpha value is -0.430. The zero-order valence-electron chi connectivity index (χ0n) is 22.6. The number of fused-ring (bicyclic) bond motifs is 6. The highest BCUT2D eigenvalue weighted by Gasteiger charge is 2.59. The number of piperidine rings is 1. The van der Waals surface area contributed by atoms with Crippen LogP contribution in [-0.2, 0) is 14.8 Å². The number of nitrogens with one attached hydrogen (secondary N) is 2. The Morgan fingerprint density at radius 1 is 1.09 bits per heavy atom. The van der Waals surface area contributed by atoms with Crippen LogP contribution in [0.15, 0.2) is 11.1 Å². The topological polar surface area (TPSA) is 67.4 Å². The van der Waals surface area contributed by atoms with E-state index in [1.165, 1.54) is 51.2 Å². The molecular formula is C29H48N2O3S. The maximum atomic E-state index is 11.9. The minimum Gasteiger partial charge on any atom is -0.369 e. The molecule has 0 aromatic rings. The van der Waals surface area contributed by atoms with Crippen LogP contribution < -0.4 is 10.0 Å². The molecule has 0 radical (unpaired) electrons. The smallest absolute Gasteiger partial charge is 0.208 e. The predicted octanol–water partition coefficient (Wildman–Crippen LogP) is 5.03. The van der Waals surface area contributed by atoms with E-state index in [2.05, 4.69) is 37.7 Å². The Morgan fingerprint density at radius 3 is 2.66 bits per heavy atom. The highest BCUT2D eigenvalue weighted by molar-refractivity contribution is 7.88. The quantitative estimate of drug-likeness (QED) is 0.518. The van der Waals surface area contributed by atoms with Gasteiger partial charge in [-0.2, -0.15) is 0 Å². The molecule has 0 bridgehead atoms. The van der Waals surface area contributed by atoms with Gasteiger partial charge in [-0.25, -0.2) is 13.1 Å². The average Bonchev–Trinajstić information content (AvgIpc) is 3.23. The van der Waals surface area contributed by atoms with Crippen molar-refractivity contribution in [2.45, 2.75) is 116 Å². The van der Waals surface area contributed by atoms with Crippen LogP contribution in [0.5, 0.6) is 0 Å². The number of hydrogen-bond acceptors (Lipinski definition) is 4. The second-order valence-electron chi connectivity index (χ2n) is 14.0. The lowest BCUT2D eigenvalue weighted by atomic mass is 9.52. The summed E-state index contributed by atoms with van der Waals surface area (Å²) in [7, 11) is -3.13. The lowest BCUT2D eigenvalue weighted by Crippen LogP contribution is -2.50. The third kappa shape index (κ3) is 4.08. The maximum absolute atomic E-state index is 11.9. The van der Waals surface area contributed by atoms with Crippen molar-refractivity contribution >= 4 is 10.0 Å². The first-order valence-corrected chi connectivity index (χ1v) is 16.5. The van der Waals surface area contributed by atoms with Gasteiger partial charge in [-0.15, -0.1) is 0 Å². The largest absolute Gasteiger partial charge is 0.369 e. The summed E-state index contributed by atoms with van der Waals surface area (Å²) in [6.07, 6.45) is 13.6. The second kappa shape index (κ2) is 8.54. The lowest BCUT2D eigenvalue weighted by Gasteiger charge is -2.54. The molecule has 11 atom stereocenters. The Bertz CT molecular complexity index is 994. The first kappa shape index (κ1) is 24.9. The van der Waals surface area contributed by atoms with E-state index in [1.54, 1.807) is 11.1 Å². The number of sulfonamides is 1. The normalized spacial score (nSPS) is 52.0. The van der Waals surface area contributed by atoms with Gasteiger partial charge in [0.25, 0.3) is 0 Å². The molecule has 6 heteroatoms. The third-order valence-electron chi connectivity index (χ3n) is 12.0. The molecule has 2 N–H and O–H groups in total. The van der Waals surface area contributed by atoms with Gasteiger partial charge in [-0.1, -0.05) is 31.9 Å². The minimum atomic E-state index is -3.13. The molecular weight excluding hydrogens is 456 g/mol. The molecule has 1 spiro atoms. The molecule has 6 aliphatic rings. The first-order valence-electron chi connectivity index (χ1n) is 14.6. The van der Waals surface area contributed by atoms with E-state index in [-0.39, 0.29) is 11.6 Å². The van der Waals surface area contributed by atoms with Gasteiger partial charge in [0.1, 0.15) is 0 Å². The van der Waals surface area contributed by atoms with Crippen LogP contribution in [0.3, 0.4) is 0 Å². The first-order chi connectivity index (χ1) is 16.5. The fraction of sp³-hybridized carbons (Fsp3) is 0.931. The number of hydrogen-bond donors (Lipinski definition) is 2. The highest BCUT2D eigenvalue weighted by atomic mass is 32.2. The molecule has 6 rings (SSSR count). The average molecular weight is 505 g/mol. The molecule has 2 saturated heterocycles. The second-order valence-corrected chi connectivity index (χ2v) is 15.8. The Morgan fingerprint density at radius 2 is 1.89 bits per heavy atom. The van der Waals surface area contributed by atoms with Crippen molar-refractivity contribution in [3.05, 3.63) is 11.1 Å². The van der Waals surface area contributed by atoms with Crippen LogP contribution in [-0.4, -0.2) is 45.0 Å². The molecule has 2 aliphatic heterocycles. The zero-order valence-corrected chi connectivity index (χ0v) is 23.4. The fourth-order valence-corrected chi connectivity index (χ4v) is 11.1. The van der Waals surface area contributed by atoms with Gasteiger partial charge >= 0.3 is 0 Å². The number of rotatable bonds is 2. The Labute approximate surface area is 213 Å². The van der Waals surface area contributed by atoms with Crippen molar-refractivity contribution < 1.29 is 13.2 Å². The summed E-state index contributed by atoms with van der Waals surface area (Å²) in [6.45, 7) is 11.0. The van der Waals surface area contributed by atoms with Crippen molar-refractivity contribution in [1.29, 1.82) is 0 Å². The maximum Gasteiger partial charge on any atom is 0.208 e. The molecule has 2 heterocycles. The lowest BCUT2D eigenvalue weighted by molar-refractivity contribution is -0.0746. The summed E-state index contributed by atoms with van der Waals surface area (Å²) in [5.74, 6) is 4.28. The van der Waals surface area contributed by atoms with Gasteiger partial charge in [0.2, 0.25) is 10.0 Å². The summed E-state index contributed by atoms with van der Waals surface area (Å²) in [4.78, 5) is 0. The SMILES string of the molecule is CC1=C2C[C@H]3[C@@H](CC[C@@H]4C[C@H](NS(C)(=O)=O)CC[C@@]43C)[C@@H]2CCC2(C1)O[C@@H]1C[C@H](C)CN[C@H]1[C@H]2C. The third-order valence-corrected chi connectivity index (χ3v) is 12.8. The molecule has 198 valence electrons. The van der Waals surface area contributed by atoms with Crippen LogP contribution in [0.2, 0.25) is 0 Å². The molecule has 3 saturated carbocycles. The molecule has 35 heavy (non-hydrogen) atoms. The Balaban J connectivity index is 1.22. The highest BCUT2D eigenvalue weighted by Crippen LogP contribution is 2.65. The standard InChI is InChI=1S/C29H48N2O3S/c1-17-12-26-27(30-16-17)19(3)29(34-26)11-9-22-23-7-6-20-13-21(31-35(5,32)33)8-10-28(20,4)25(23)14-24(22)18(2)15-29/h17,19-23,25-27,30-31H,6-16H2,1-5H3/t17-,19+,20+,21+,22-,23-,25-,26+,27-,28-,29?/m0/s1. The summed E-state index contributed by atoms with van der Waals surface area (Å²) >= 11 is 0. The molecule has 0 amide bonds. The van der Waals surface area contributed by atoms with Crippen molar-refractivity contribution in [2.24, 2.45) is 40.9 Å². The van der Waals surface area contributed by atoms with E-state index in [9.17, 15) is 8.42 Å². The van der Waals surface area contributed by atoms with E-state index >= 15 is 0 Å². The molecule has 1 unspecified atom stereocenters. The molecule has 0 aromatic heterocycles. The predicted molar refractivity (Wildman–Crippen MR) is 140 cm³/mol. The fourth-order valence-electron chi connectivity index (χ4n) is 10.2. The summed E-state index contributed by atoms with van der Waals surface area (Å²) in [5.41, 5.74) is 3.83. The van der Waals surface area contributed by atoms with Crippen molar-refractivity contribution in [1.82, 2.24) is 10.0 Å². The van der Waals surface area contributed by atoms with E-state index < -0.39 is 10.0 Å². The summed E-state index contributed by atoms with van der Waals surface area (Å²) in [5, 5.41) is 3.85. The van der Waals surface area contributed by atoms with Crippen molar-refractivity contribution in [3.63, 3.8) is 0 Å². The van der Waals surface area contributed by atoms with Crippen LogP contribution >= 0.6 is 0 Å². The summed E-state index contributed by atoms with van der Waals surface area (Å²) < 4.78 is 33.7. The number of allylic oxidation sites excluding steroid dienone is 1. The van der Waals surface area contributed by atoms with Gasteiger partial charge in [-0.05, 0) is 113 Å². The monoisotopic (exact) mass is 504 g/mol. The molecule has 0 aromatic carbocycles. The van der Waals surface area contributed by atoms with Crippen LogP contribution in [0.25, 0.3) is 0 Å². The van der Waals surface area contributed by atoms with Gasteiger partial charge < -0.3 is 10.1 Å². The minimum absolute atomic E-state index is 0.0276. The van der Waals surface area contributed by atoms with Gasteiger partial charge in [0.15, 0.2) is 0 Å². The van der Waals surface area contributed by atoms with Crippen LogP contribution in [0.1, 0.15) is 91.9 Å². The summed E-state index contributed by atoms with van der Waals surface area (Å²) in [6, 6.07) is 0.660. The zero-order chi connectivity index (χ0) is 24.8. The van der Waals surface area contributed by atoms with E-state index in [4.69, 9.17) is 4.74 Å². The van der Waals surface area contributed by atoms with Gasteiger partial charge in [-0.3, -0.25) is 0 Å². The Kier molecular flexibility index (Phi) is 6.07. The molecule has 4 aliphatic carbocycles.